The van der Waals surface area contributed by atoms with Crippen molar-refractivity contribution in [2.75, 3.05) is 0 Å². The number of rotatable bonds is 4. The fraction of sp³-hybridized carbons (Fsp3) is 0.158. The zero-order valence-electron chi connectivity index (χ0n) is 14.5. The molecule has 0 aliphatic carbocycles. The van der Waals surface area contributed by atoms with Crippen molar-refractivity contribution in [1.29, 1.82) is 0 Å². The fourth-order valence-electron chi connectivity index (χ4n) is 2.41. The molecule has 7 nitrogen and oxygen atoms in total. The molecule has 0 aromatic heterocycles. The molecule has 1 heterocycles. The van der Waals surface area contributed by atoms with Crippen LogP contribution >= 0.6 is 11.8 Å². The number of benzene rings is 2. The summed E-state index contributed by atoms with van der Waals surface area (Å²) in [6.45, 7) is 2.89. The van der Waals surface area contributed by atoms with Crippen LogP contribution in [0.5, 0.6) is 0 Å². The molecule has 1 aliphatic rings. The van der Waals surface area contributed by atoms with Gasteiger partial charge in [-0.1, -0.05) is 36.0 Å². The third kappa shape index (κ3) is 4.35. The molecule has 0 unspecified atom stereocenters. The van der Waals surface area contributed by atoms with Crippen LogP contribution < -0.4 is 0 Å². The lowest BCUT2D eigenvalue weighted by Gasteiger charge is -2.29. The van der Waals surface area contributed by atoms with Gasteiger partial charge in [-0.15, -0.1) is 0 Å². The summed E-state index contributed by atoms with van der Waals surface area (Å²) in [4.78, 5) is 36.3. The molecule has 0 atom stereocenters. The molecule has 1 fully saturated rings. The van der Waals surface area contributed by atoms with Gasteiger partial charge in [-0.05, 0) is 29.8 Å². The number of ether oxygens (including phenoxy) is 2. The number of cyclic esters (lactones) is 2. The van der Waals surface area contributed by atoms with Gasteiger partial charge in [0.2, 0.25) is 0 Å². The normalized spacial score (nSPS) is 15.7. The maximum Gasteiger partial charge on any atom is 0.348 e. The van der Waals surface area contributed by atoms with E-state index in [4.69, 9.17) is 9.47 Å². The van der Waals surface area contributed by atoms with E-state index in [1.807, 2.05) is 30.3 Å². The van der Waals surface area contributed by atoms with Gasteiger partial charge in [0.05, 0.1) is 9.82 Å². The first-order valence-corrected chi connectivity index (χ1v) is 8.76. The molecule has 3 rings (SSSR count). The second-order valence-electron chi connectivity index (χ2n) is 6.14. The first-order chi connectivity index (χ1) is 12.7. The molecule has 2 aromatic carbocycles. The Bertz CT molecular complexity index is 930. The summed E-state index contributed by atoms with van der Waals surface area (Å²) in [5.74, 6) is -3.00. The minimum Gasteiger partial charge on any atom is -0.419 e. The maximum atomic E-state index is 12.0. The lowest BCUT2D eigenvalue weighted by atomic mass is 10.1. The number of hydrogen-bond donors (Lipinski definition) is 0. The van der Waals surface area contributed by atoms with Crippen LogP contribution in [0.4, 0.5) is 5.69 Å². The van der Waals surface area contributed by atoms with E-state index in [0.29, 0.717) is 10.5 Å². The summed E-state index contributed by atoms with van der Waals surface area (Å²) < 4.78 is 10.0. The molecule has 0 N–H and O–H groups in total. The highest BCUT2D eigenvalue weighted by molar-refractivity contribution is 7.99. The topological polar surface area (TPSA) is 95.7 Å². The fourth-order valence-corrected chi connectivity index (χ4v) is 3.34. The predicted molar refractivity (Wildman–Crippen MR) is 97.9 cm³/mol. The van der Waals surface area contributed by atoms with Crippen molar-refractivity contribution in [2.24, 2.45) is 0 Å². The van der Waals surface area contributed by atoms with E-state index in [1.54, 1.807) is 12.1 Å². The number of esters is 2. The number of carbonyl (C=O) groups is 2. The third-order valence-corrected chi connectivity index (χ3v) is 4.65. The third-order valence-electron chi connectivity index (χ3n) is 3.58. The molecule has 1 saturated heterocycles. The molecule has 0 bridgehead atoms. The van der Waals surface area contributed by atoms with Crippen molar-refractivity contribution in [2.45, 2.75) is 29.4 Å². The van der Waals surface area contributed by atoms with Crippen LogP contribution in [0, 0.1) is 10.1 Å². The number of nitro benzene ring substituents is 1. The first-order valence-electron chi connectivity index (χ1n) is 7.95. The Morgan fingerprint density at radius 1 is 1.04 bits per heavy atom. The molecular weight excluding hydrogens is 370 g/mol. The quantitative estimate of drug-likeness (QED) is 0.258. The Hall–Kier alpha value is -3.13. The molecule has 0 radical (unpaired) electrons. The van der Waals surface area contributed by atoms with E-state index in [2.05, 4.69) is 0 Å². The highest BCUT2D eigenvalue weighted by Gasteiger charge is 2.38. The zero-order chi connectivity index (χ0) is 19.6. The van der Waals surface area contributed by atoms with E-state index >= 15 is 0 Å². The van der Waals surface area contributed by atoms with Gasteiger partial charge in [-0.2, -0.15) is 0 Å². The monoisotopic (exact) mass is 385 g/mol. The average Bonchev–Trinajstić information content (AvgIpc) is 2.59. The number of nitrogens with zero attached hydrogens (tertiary/aromatic N) is 1. The second kappa shape index (κ2) is 7.24. The molecular formula is C19H15NO6S. The van der Waals surface area contributed by atoms with Crippen molar-refractivity contribution in [3.05, 3.63) is 69.8 Å². The van der Waals surface area contributed by atoms with Crippen molar-refractivity contribution in [3.63, 3.8) is 0 Å². The highest BCUT2D eigenvalue weighted by Crippen LogP contribution is 2.36. The molecule has 27 heavy (non-hydrogen) atoms. The average molecular weight is 385 g/mol. The largest absolute Gasteiger partial charge is 0.419 e. The smallest absolute Gasteiger partial charge is 0.348 e. The predicted octanol–water partition coefficient (Wildman–Crippen LogP) is 3.97. The minimum atomic E-state index is -1.34. The standard InChI is InChI=1S/C19H15NO6S/c1-19(2)25-17(21)14(18(22)26-19)10-12-8-9-16(15(11-12)20(23)24)27-13-6-4-3-5-7-13/h3-11H,1-2H3. The van der Waals surface area contributed by atoms with E-state index in [9.17, 15) is 19.7 Å². The first kappa shape index (κ1) is 18.7. The molecule has 0 amide bonds. The zero-order valence-corrected chi connectivity index (χ0v) is 15.3. The Kier molecular flexibility index (Phi) is 5.00. The van der Waals surface area contributed by atoms with Gasteiger partial charge in [0, 0.05) is 24.8 Å². The summed E-state index contributed by atoms with van der Waals surface area (Å²) in [6.07, 6.45) is 1.23. The van der Waals surface area contributed by atoms with Gasteiger partial charge in [0.25, 0.3) is 11.5 Å². The Labute approximate surface area is 159 Å². The van der Waals surface area contributed by atoms with Crippen LogP contribution in [0.3, 0.4) is 0 Å². The van der Waals surface area contributed by atoms with E-state index < -0.39 is 22.6 Å². The summed E-state index contributed by atoms with van der Waals surface area (Å²) in [5.41, 5.74) is -0.120. The van der Waals surface area contributed by atoms with Crippen molar-refractivity contribution in [1.82, 2.24) is 0 Å². The van der Waals surface area contributed by atoms with Crippen LogP contribution in [0.2, 0.25) is 0 Å². The van der Waals surface area contributed by atoms with Crippen LogP contribution in [0.15, 0.2) is 63.9 Å². The van der Waals surface area contributed by atoms with Gasteiger partial charge in [0.15, 0.2) is 0 Å². The van der Waals surface area contributed by atoms with E-state index in [1.165, 1.54) is 37.8 Å². The lowest BCUT2D eigenvalue weighted by molar-refractivity contribution is -0.387. The number of carbonyl (C=O) groups excluding carboxylic acids is 2. The lowest BCUT2D eigenvalue weighted by Crippen LogP contribution is -2.41. The van der Waals surface area contributed by atoms with Gasteiger partial charge < -0.3 is 9.47 Å². The van der Waals surface area contributed by atoms with E-state index in [-0.39, 0.29) is 11.3 Å². The number of hydrogen-bond acceptors (Lipinski definition) is 7. The van der Waals surface area contributed by atoms with Crippen LogP contribution in [-0.2, 0) is 19.1 Å². The molecule has 2 aromatic rings. The molecule has 138 valence electrons. The van der Waals surface area contributed by atoms with Gasteiger partial charge in [0.1, 0.15) is 5.57 Å². The second-order valence-corrected chi connectivity index (χ2v) is 7.25. The van der Waals surface area contributed by atoms with Crippen molar-refractivity contribution >= 4 is 35.5 Å². The summed E-state index contributed by atoms with van der Waals surface area (Å²) in [6, 6.07) is 13.7. The highest BCUT2D eigenvalue weighted by atomic mass is 32.2. The molecule has 0 saturated carbocycles. The number of nitro groups is 1. The Balaban J connectivity index is 1.94. The van der Waals surface area contributed by atoms with Crippen LogP contribution in [0.1, 0.15) is 19.4 Å². The molecule has 1 aliphatic heterocycles. The van der Waals surface area contributed by atoms with Gasteiger partial charge >= 0.3 is 11.9 Å². The minimum absolute atomic E-state index is 0.129. The Morgan fingerprint density at radius 3 is 2.26 bits per heavy atom. The molecule has 0 spiro atoms. The van der Waals surface area contributed by atoms with E-state index in [0.717, 1.165) is 4.90 Å². The summed E-state index contributed by atoms with van der Waals surface area (Å²) >= 11 is 1.25. The van der Waals surface area contributed by atoms with Gasteiger partial charge in [-0.25, -0.2) is 9.59 Å². The van der Waals surface area contributed by atoms with Crippen LogP contribution in [0.25, 0.3) is 6.08 Å². The summed E-state index contributed by atoms with van der Waals surface area (Å²) in [7, 11) is 0. The van der Waals surface area contributed by atoms with Gasteiger partial charge in [-0.3, -0.25) is 10.1 Å². The summed E-state index contributed by atoms with van der Waals surface area (Å²) in [5, 5.41) is 11.5. The SMILES string of the molecule is CC1(C)OC(=O)C(=Cc2ccc(Sc3ccccc3)c([N+](=O)[O-])c2)C(=O)O1. The van der Waals surface area contributed by atoms with Crippen molar-refractivity contribution < 1.29 is 24.0 Å². The molecule has 8 heteroatoms. The maximum absolute atomic E-state index is 12.0. The van der Waals surface area contributed by atoms with Crippen molar-refractivity contribution in [3.8, 4) is 0 Å². The van der Waals surface area contributed by atoms with Crippen LogP contribution in [-0.4, -0.2) is 22.6 Å². The Morgan fingerprint density at radius 2 is 1.67 bits per heavy atom.